The van der Waals surface area contributed by atoms with Gasteiger partial charge < -0.3 is 9.64 Å². The van der Waals surface area contributed by atoms with E-state index in [1.54, 1.807) is 30.3 Å². The topological polar surface area (TPSA) is 107 Å². The van der Waals surface area contributed by atoms with Gasteiger partial charge in [0.05, 0.1) is 18.0 Å². The van der Waals surface area contributed by atoms with E-state index in [4.69, 9.17) is 4.74 Å². The summed E-state index contributed by atoms with van der Waals surface area (Å²) in [6.45, 7) is -0.547. The zero-order chi connectivity index (χ0) is 18.6. The first-order chi connectivity index (χ1) is 12.5. The number of amides is 1. The highest BCUT2D eigenvalue weighted by Gasteiger charge is 2.31. The van der Waals surface area contributed by atoms with Crippen molar-refractivity contribution in [3.05, 3.63) is 66.1 Å². The summed E-state index contributed by atoms with van der Waals surface area (Å²) in [6, 6.07) is 7.94. The molecule has 2 aromatic rings. The van der Waals surface area contributed by atoms with Crippen molar-refractivity contribution in [2.45, 2.75) is 6.04 Å². The van der Waals surface area contributed by atoms with Crippen LogP contribution in [-0.2, 0) is 19.4 Å². The summed E-state index contributed by atoms with van der Waals surface area (Å²) in [5.41, 5.74) is 0.495. The summed E-state index contributed by atoms with van der Waals surface area (Å²) in [5, 5.41) is 1.09. The zero-order valence-corrected chi connectivity index (χ0v) is 14.4. The van der Waals surface area contributed by atoms with Crippen molar-refractivity contribution in [2.24, 2.45) is 0 Å². The first-order valence-electron chi connectivity index (χ1n) is 7.67. The number of anilines is 1. The van der Waals surface area contributed by atoms with Crippen LogP contribution in [0.2, 0.25) is 0 Å². The standard InChI is InChI=1S/C17H15N3O5S/c21-16(11-25-17(22)15-10-18-7-8-19-15)20(13-4-2-1-3-5-13)14-6-9-26(23,24)12-14/h1-10,14H,11-12H2/t14-/m0/s1. The minimum atomic E-state index is -3.36. The molecule has 1 aromatic heterocycles. The second-order valence-corrected chi connectivity index (χ2v) is 7.42. The van der Waals surface area contributed by atoms with Gasteiger partial charge in [0.25, 0.3) is 5.91 Å². The predicted octanol–water partition coefficient (Wildman–Crippen LogP) is 0.977. The maximum atomic E-state index is 12.7. The fourth-order valence-corrected chi connectivity index (χ4v) is 3.77. The molecule has 8 nitrogen and oxygen atoms in total. The van der Waals surface area contributed by atoms with Gasteiger partial charge in [-0.3, -0.25) is 9.78 Å². The molecule has 1 aromatic carbocycles. The molecule has 0 aliphatic carbocycles. The number of carbonyl (C=O) groups is 2. The fourth-order valence-electron chi connectivity index (χ4n) is 2.50. The lowest BCUT2D eigenvalue weighted by Gasteiger charge is -2.27. The van der Waals surface area contributed by atoms with Crippen LogP contribution in [0.4, 0.5) is 5.69 Å². The molecule has 1 amide bonds. The molecule has 0 unspecified atom stereocenters. The Hall–Kier alpha value is -3.07. The Morgan fingerprint density at radius 3 is 2.58 bits per heavy atom. The number of sulfone groups is 1. The molecular formula is C17H15N3O5S. The average molecular weight is 373 g/mol. The van der Waals surface area contributed by atoms with Crippen molar-refractivity contribution in [3.63, 3.8) is 0 Å². The molecule has 0 radical (unpaired) electrons. The number of aromatic nitrogens is 2. The zero-order valence-electron chi connectivity index (χ0n) is 13.6. The molecule has 0 fully saturated rings. The summed E-state index contributed by atoms with van der Waals surface area (Å²) >= 11 is 0. The number of hydrogen-bond donors (Lipinski definition) is 0. The average Bonchev–Trinajstić information content (AvgIpc) is 3.01. The molecule has 9 heteroatoms. The summed E-state index contributed by atoms with van der Waals surface area (Å²) in [7, 11) is -3.36. The lowest BCUT2D eigenvalue weighted by Crippen LogP contribution is -2.43. The van der Waals surface area contributed by atoms with Gasteiger partial charge in [0.2, 0.25) is 0 Å². The second-order valence-electron chi connectivity index (χ2n) is 5.49. The van der Waals surface area contributed by atoms with Crippen molar-refractivity contribution in [1.82, 2.24) is 9.97 Å². The van der Waals surface area contributed by atoms with Gasteiger partial charge in [-0.05, 0) is 18.2 Å². The minimum Gasteiger partial charge on any atom is -0.451 e. The normalized spacial score (nSPS) is 17.6. The van der Waals surface area contributed by atoms with E-state index < -0.39 is 34.4 Å². The van der Waals surface area contributed by atoms with Gasteiger partial charge >= 0.3 is 5.97 Å². The van der Waals surface area contributed by atoms with Crippen LogP contribution in [0.3, 0.4) is 0 Å². The van der Waals surface area contributed by atoms with Gasteiger partial charge in [-0.1, -0.05) is 18.2 Å². The van der Waals surface area contributed by atoms with Gasteiger partial charge in [-0.2, -0.15) is 0 Å². The summed E-state index contributed by atoms with van der Waals surface area (Å²) in [6.07, 6.45) is 5.42. The third-order valence-corrected chi connectivity index (χ3v) is 5.02. The third kappa shape index (κ3) is 4.12. The first-order valence-corrected chi connectivity index (χ1v) is 9.39. The molecule has 26 heavy (non-hydrogen) atoms. The molecule has 1 aliphatic rings. The Bertz CT molecular complexity index is 929. The quantitative estimate of drug-likeness (QED) is 0.719. The number of nitrogens with zero attached hydrogens (tertiary/aromatic N) is 3. The number of hydrogen-bond acceptors (Lipinski definition) is 7. The number of benzene rings is 1. The third-order valence-electron chi connectivity index (χ3n) is 3.64. The monoisotopic (exact) mass is 373 g/mol. The highest BCUT2D eigenvalue weighted by molar-refractivity contribution is 7.94. The van der Waals surface area contributed by atoms with E-state index in [0.29, 0.717) is 5.69 Å². The van der Waals surface area contributed by atoms with Crippen LogP contribution in [0.1, 0.15) is 10.5 Å². The molecule has 0 spiro atoms. The van der Waals surface area contributed by atoms with Gasteiger partial charge in [-0.15, -0.1) is 0 Å². The van der Waals surface area contributed by atoms with Crippen molar-refractivity contribution in [1.29, 1.82) is 0 Å². The first kappa shape index (κ1) is 17.7. The molecule has 3 rings (SSSR count). The van der Waals surface area contributed by atoms with Crippen LogP contribution >= 0.6 is 0 Å². The highest BCUT2D eigenvalue weighted by atomic mass is 32.2. The molecule has 2 heterocycles. The van der Waals surface area contributed by atoms with E-state index in [-0.39, 0.29) is 11.4 Å². The number of rotatable bonds is 5. The van der Waals surface area contributed by atoms with E-state index in [0.717, 1.165) is 5.41 Å². The summed E-state index contributed by atoms with van der Waals surface area (Å²) < 4.78 is 28.4. The van der Waals surface area contributed by atoms with Crippen molar-refractivity contribution in [3.8, 4) is 0 Å². The van der Waals surface area contributed by atoms with E-state index in [1.165, 1.54) is 29.6 Å². The van der Waals surface area contributed by atoms with Crippen molar-refractivity contribution >= 4 is 27.4 Å². The predicted molar refractivity (Wildman–Crippen MR) is 93.0 cm³/mol. The van der Waals surface area contributed by atoms with Gasteiger partial charge in [0.15, 0.2) is 22.1 Å². The van der Waals surface area contributed by atoms with Crippen LogP contribution in [0.5, 0.6) is 0 Å². The Labute approximate surface area is 150 Å². The second kappa shape index (κ2) is 7.44. The number of esters is 1. The fraction of sp³-hybridized carbons (Fsp3) is 0.176. The molecule has 1 aliphatic heterocycles. The van der Waals surface area contributed by atoms with Crippen molar-refractivity contribution in [2.75, 3.05) is 17.3 Å². The van der Waals surface area contributed by atoms with Crippen LogP contribution in [0.25, 0.3) is 0 Å². The van der Waals surface area contributed by atoms with Gasteiger partial charge in [-0.25, -0.2) is 18.2 Å². The smallest absolute Gasteiger partial charge is 0.359 e. The minimum absolute atomic E-state index is 0.0186. The highest BCUT2D eigenvalue weighted by Crippen LogP contribution is 2.22. The summed E-state index contributed by atoms with van der Waals surface area (Å²) in [5.74, 6) is -1.54. The van der Waals surface area contributed by atoms with E-state index in [9.17, 15) is 18.0 Å². The summed E-state index contributed by atoms with van der Waals surface area (Å²) in [4.78, 5) is 33.5. The van der Waals surface area contributed by atoms with Gasteiger partial charge in [0.1, 0.15) is 0 Å². The molecule has 134 valence electrons. The SMILES string of the molecule is O=C(OCC(=O)N(c1ccccc1)[C@H]1C=CS(=O)(=O)C1)c1cnccn1. The van der Waals surface area contributed by atoms with E-state index in [2.05, 4.69) is 9.97 Å². The van der Waals surface area contributed by atoms with E-state index >= 15 is 0 Å². The lowest BCUT2D eigenvalue weighted by atomic mass is 10.2. The van der Waals surface area contributed by atoms with Crippen LogP contribution in [0.15, 0.2) is 60.4 Å². The molecule has 0 N–H and O–H groups in total. The van der Waals surface area contributed by atoms with E-state index in [1.807, 2.05) is 0 Å². The maximum Gasteiger partial charge on any atom is 0.359 e. The number of carbonyl (C=O) groups excluding carboxylic acids is 2. The van der Waals surface area contributed by atoms with Crippen LogP contribution in [0, 0.1) is 0 Å². The van der Waals surface area contributed by atoms with Gasteiger partial charge in [0, 0.05) is 23.5 Å². The molecular weight excluding hydrogens is 358 g/mol. The Morgan fingerprint density at radius 1 is 1.19 bits per heavy atom. The molecule has 0 bridgehead atoms. The molecule has 1 atom stereocenters. The Morgan fingerprint density at radius 2 is 1.96 bits per heavy atom. The van der Waals surface area contributed by atoms with Crippen molar-refractivity contribution < 1.29 is 22.7 Å². The van der Waals surface area contributed by atoms with Crippen LogP contribution in [-0.4, -0.2) is 48.7 Å². The molecule has 0 saturated heterocycles. The Balaban J connectivity index is 1.76. The maximum absolute atomic E-state index is 12.7. The largest absolute Gasteiger partial charge is 0.451 e. The van der Waals surface area contributed by atoms with Crippen LogP contribution < -0.4 is 4.90 Å². The number of ether oxygens (including phenoxy) is 1. The molecule has 0 saturated carbocycles. The Kier molecular flexibility index (Phi) is 5.08. The lowest BCUT2D eigenvalue weighted by molar-refractivity contribution is -0.121. The number of para-hydroxylation sites is 1.